The van der Waals surface area contributed by atoms with E-state index in [0.29, 0.717) is 5.92 Å². The van der Waals surface area contributed by atoms with Crippen LogP contribution >= 0.6 is 0 Å². The molecular formula is C19H22N6O. The molecule has 1 aliphatic heterocycles. The van der Waals surface area contributed by atoms with E-state index in [1.54, 1.807) is 11.0 Å². The first kappa shape index (κ1) is 16.5. The van der Waals surface area contributed by atoms with Crippen molar-refractivity contribution in [1.82, 2.24) is 29.4 Å². The molecular weight excluding hydrogens is 328 g/mol. The van der Waals surface area contributed by atoms with Gasteiger partial charge in [-0.3, -0.25) is 9.48 Å². The zero-order valence-electron chi connectivity index (χ0n) is 14.8. The fraction of sp³-hybridized carbons (Fsp3) is 0.368. The van der Waals surface area contributed by atoms with Gasteiger partial charge in [-0.25, -0.2) is 9.67 Å². The molecule has 0 bridgehead atoms. The molecule has 2 aromatic heterocycles. The van der Waals surface area contributed by atoms with Crippen molar-refractivity contribution < 1.29 is 4.79 Å². The smallest absolute Gasteiger partial charge is 0.253 e. The number of amides is 1. The molecule has 1 amide bonds. The van der Waals surface area contributed by atoms with E-state index in [1.165, 1.54) is 6.33 Å². The van der Waals surface area contributed by atoms with Crippen LogP contribution in [0.15, 0.2) is 49.3 Å². The van der Waals surface area contributed by atoms with Gasteiger partial charge in [0.25, 0.3) is 5.91 Å². The van der Waals surface area contributed by atoms with Gasteiger partial charge in [0.15, 0.2) is 0 Å². The Morgan fingerprint density at radius 1 is 1.23 bits per heavy atom. The van der Waals surface area contributed by atoms with Crippen molar-refractivity contribution in [2.45, 2.75) is 26.3 Å². The van der Waals surface area contributed by atoms with E-state index in [4.69, 9.17) is 0 Å². The predicted octanol–water partition coefficient (Wildman–Crippen LogP) is 2.32. The van der Waals surface area contributed by atoms with E-state index in [9.17, 15) is 4.79 Å². The summed E-state index contributed by atoms with van der Waals surface area (Å²) in [6.45, 7) is 4.52. The second-order valence-electron chi connectivity index (χ2n) is 6.80. The Bertz CT molecular complexity index is 864. The van der Waals surface area contributed by atoms with Crippen molar-refractivity contribution >= 4 is 5.91 Å². The van der Waals surface area contributed by atoms with Crippen molar-refractivity contribution in [2.24, 2.45) is 5.92 Å². The highest BCUT2D eigenvalue weighted by atomic mass is 16.2. The lowest BCUT2D eigenvalue weighted by atomic mass is 9.96. The Morgan fingerprint density at radius 3 is 2.73 bits per heavy atom. The summed E-state index contributed by atoms with van der Waals surface area (Å²) in [5, 5.41) is 8.43. The summed E-state index contributed by atoms with van der Waals surface area (Å²) in [5.74, 6) is 0.686. The van der Waals surface area contributed by atoms with Gasteiger partial charge in [0.05, 0.1) is 5.69 Å². The molecule has 26 heavy (non-hydrogen) atoms. The Hall–Kier alpha value is -2.96. The van der Waals surface area contributed by atoms with Gasteiger partial charge in [0.1, 0.15) is 12.7 Å². The number of carbonyl (C=O) groups excluding carboxylic acids is 1. The number of aromatic nitrogens is 5. The molecule has 0 unspecified atom stereocenters. The largest absolute Gasteiger partial charge is 0.339 e. The van der Waals surface area contributed by atoms with Crippen LogP contribution in [0.5, 0.6) is 0 Å². The third-order valence-electron chi connectivity index (χ3n) is 5.02. The van der Waals surface area contributed by atoms with Crippen molar-refractivity contribution in [3.63, 3.8) is 0 Å². The minimum absolute atomic E-state index is 0.107. The molecule has 0 N–H and O–H groups in total. The van der Waals surface area contributed by atoms with Crippen LogP contribution in [0.2, 0.25) is 0 Å². The zero-order chi connectivity index (χ0) is 17.9. The lowest BCUT2D eigenvalue weighted by molar-refractivity contribution is 0.0681. The van der Waals surface area contributed by atoms with Crippen LogP contribution in [0, 0.1) is 12.8 Å². The van der Waals surface area contributed by atoms with Crippen molar-refractivity contribution in [3.05, 3.63) is 60.4 Å². The summed E-state index contributed by atoms with van der Waals surface area (Å²) in [6, 6.07) is 7.70. The van der Waals surface area contributed by atoms with E-state index in [2.05, 4.69) is 15.2 Å². The van der Waals surface area contributed by atoms with Crippen molar-refractivity contribution in [3.8, 4) is 5.69 Å². The fourth-order valence-electron chi connectivity index (χ4n) is 3.55. The standard InChI is InChI=1S/C19H22N6O/c1-15-11-17(3-4-18(15)25-14-20-13-22-25)19(26)23-9-5-16(6-10-23)12-24-8-2-7-21-24/h2-4,7-8,11,13-14,16H,5-6,9-10,12H2,1H3. The summed E-state index contributed by atoms with van der Waals surface area (Å²) in [6.07, 6.45) is 9.00. The molecule has 1 saturated heterocycles. The minimum Gasteiger partial charge on any atom is -0.339 e. The van der Waals surface area contributed by atoms with Gasteiger partial charge in [-0.15, -0.1) is 0 Å². The Morgan fingerprint density at radius 2 is 2.08 bits per heavy atom. The second kappa shape index (κ2) is 7.11. The van der Waals surface area contributed by atoms with Crippen LogP contribution in [-0.2, 0) is 6.54 Å². The highest BCUT2D eigenvalue weighted by molar-refractivity contribution is 5.94. The van der Waals surface area contributed by atoms with Crippen LogP contribution in [0.25, 0.3) is 5.69 Å². The maximum atomic E-state index is 12.8. The van der Waals surface area contributed by atoms with Gasteiger partial charge in [-0.05, 0) is 55.5 Å². The number of hydrogen-bond donors (Lipinski definition) is 0. The van der Waals surface area contributed by atoms with Gasteiger partial charge in [-0.2, -0.15) is 10.2 Å². The molecule has 0 radical (unpaired) electrons. The Labute approximate surface area is 152 Å². The van der Waals surface area contributed by atoms with Crippen LogP contribution in [0.4, 0.5) is 0 Å². The lowest BCUT2D eigenvalue weighted by Gasteiger charge is -2.32. The van der Waals surface area contributed by atoms with Gasteiger partial charge in [-0.1, -0.05) is 0 Å². The summed E-state index contributed by atoms with van der Waals surface area (Å²) < 4.78 is 3.69. The first-order chi connectivity index (χ1) is 12.7. The van der Waals surface area contributed by atoms with Crippen LogP contribution in [0.1, 0.15) is 28.8 Å². The number of piperidine rings is 1. The Balaban J connectivity index is 1.40. The molecule has 3 heterocycles. The van der Waals surface area contributed by atoms with Gasteiger partial charge < -0.3 is 4.90 Å². The van der Waals surface area contributed by atoms with Gasteiger partial charge in [0, 0.05) is 37.6 Å². The quantitative estimate of drug-likeness (QED) is 0.724. The van der Waals surface area contributed by atoms with E-state index in [-0.39, 0.29) is 5.91 Å². The topological polar surface area (TPSA) is 68.8 Å². The third kappa shape index (κ3) is 3.37. The molecule has 7 nitrogen and oxygen atoms in total. The highest BCUT2D eigenvalue weighted by Gasteiger charge is 2.24. The number of carbonyl (C=O) groups is 1. The maximum absolute atomic E-state index is 12.8. The summed E-state index contributed by atoms with van der Waals surface area (Å²) in [7, 11) is 0. The summed E-state index contributed by atoms with van der Waals surface area (Å²) >= 11 is 0. The number of benzene rings is 1. The minimum atomic E-state index is 0.107. The molecule has 7 heteroatoms. The van der Waals surface area contributed by atoms with Crippen LogP contribution in [0.3, 0.4) is 0 Å². The number of aryl methyl sites for hydroxylation is 1. The monoisotopic (exact) mass is 350 g/mol. The molecule has 0 aliphatic carbocycles. The molecule has 1 aromatic carbocycles. The normalized spacial score (nSPS) is 15.3. The first-order valence-electron chi connectivity index (χ1n) is 8.93. The zero-order valence-corrected chi connectivity index (χ0v) is 14.8. The molecule has 3 aromatic rings. The first-order valence-corrected chi connectivity index (χ1v) is 8.93. The average molecular weight is 350 g/mol. The molecule has 1 aliphatic rings. The van der Waals surface area contributed by atoms with E-state index < -0.39 is 0 Å². The predicted molar refractivity (Wildman–Crippen MR) is 97.0 cm³/mol. The van der Waals surface area contributed by atoms with Gasteiger partial charge in [0.2, 0.25) is 0 Å². The molecule has 0 atom stereocenters. The summed E-state index contributed by atoms with van der Waals surface area (Å²) in [4.78, 5) is 18.8. The average Bonchev–Trinajstić information content (AvgIpc) is 3.36. The molecule has 134 valence electrons. The molecule has 4 rings (SSSR count). The van der Waals surface area contributed by atoms with E-state index in [0.717, 1.165) is 49.3 Å². The van der Waals surface area contributed by atoms with Gasteiger partial charge >= 0.3 is 0 Å². The van der Waals surface area contributed by atoms with Crippen molar-refractivity contribution in [2.75, 3.05) is 13.1 Å². The number of rotatable bonds is 4. The Kier molecular flexibility index (Phi) is 4.51. The summed E-state index contributed by atoms with van der Waals surface area (Å²) in [5.41, 5.74) is 2.68. The number of nitrogens with zero attached hydrogens (tertiary/aromatic N) is 6. The third-order valence-corrected chi connectivity index (χ3v) is 5.02. The van der Waals surface area contributed by atoms with Crippen LogP contribution < -0.4 is 0 Å². The molecule has 1 fully saturated rings. The molecule has 0 spiro atoms. The fourth-order valence-corrected chi connectivity index (χ4v) is 3.55. The highest BCUT2D eigenvalue weighted by Crippen LogP contribution is 2.22. The maximum Gasteiger partial charge on any atom is 0.253 e. The number of hydrogen-bond acceptors (Lipinski definition) is 4. The second-order valence-corrected chi connectivity index (χ2v) is 6.80. The van der Waals surface area contributed by atoms with Crippen molar-refractivity contribution in [1.29, 1.82) is 0 Å². The van der Waals surface area contributed by atoms with Crippen LogP contribution in [-0.4, -0.2) is 48.4 Å². The molecule has 0 saturated carbocycles. The van der Waals surface area contributed by atoms with E-state index in [1.807, 2.05) is 53.2 Å². The van der Waals surface area contributed by atoms with E-state index >= 15 is 0 Å². The lowest BCUT2D eigenvalue weighted by Crippen LogP contribution is -2.39. The SMILES string of the molecule is Cc1cc(C(=O)N2CCC(Cn3cccn3)CC2)ccc1-n1cncn1. The number of likely N-dealkylation sites (tertiary alicyclic amines) is 1.